The lowest BCUT2D eigenvalue weighted by Gasteiger charge is -2.20. The maximum atomic E-state index is 12.3. The van der Waals surface area contributed by atoms with E-state index in [1.807, 2.05) is 57.2 Å². The molecule has 6 heteroatoms. The first-order valence-electron chi connectivity index (χ1n) is 10.7. The van der Waals surface area contributed by atoms with Crippen LogP contribution in [-0.4, -0.2) is 42.0 Å². The summed E-state index contributed by atoms with van der Waals surface area (Å²) in [5.41, 5.74) is 4.31. The highest BCUT2D eigenvalue weighted by atomic mass is 16.5. The molecular formula is C25H31NO5. The van der Waals surface area contributed by atoms with Crippen molar-refractivity contribution in [1.29, 1.82) is 0 Å². The van der Waals surface area contributed by atoms with Crippen LogP contribution in [-0.2, 0) is 14.3 Å². The van der Waals surface area contributed by atoms with Crippen molar-refractivity contribution in [3.63, 3.8) is 0 Å². The Bertz CT molecular complexity index is 873. The van der Waals surface area contributed by atoms with Crippen LogP contribution < -0.4 is 5.32 Å². The minimum absolute atomic E-state index is 0.0593. The smallest absolute Gasteiger partial charge is 0.407 e. The maximum Gasteiger partial charge on any atom is 0.407 e. The molecule has 166 valence electrons. The molecule has 0 radical (unpaired) electrons. The summed E-state index contributed by atoms with van der Waals surface area (Å²) in [6.45, 7) is 6.65. The van der Waals surface area contributed by atoms with Crippen LogP contribution in [0, 0.1) is 0 Å². The van der Waals surface area contributed by atoms with Crippen LogP contribution >= 0.6 is 0 Å². The van der Waals surface area contributed by atoms with Gasteiger partial charge in [0.15, 0.2) is 0 Å². The molecule has 31 heavy (non-hydrogen) atoms. The van der Waals surface area contributed by atoms with Crippen LogP contribution in [0.25, 0.3) is 11.1 Å². The summed E-state index contributed by atoms with van der Waals surface area (Å²) >= 11 is 0. The number of unbranched alkanes of at least 4 members (excludes halogenated alkanes) is 1. The van der Waals surface area contributed by atoms with Gasteiger partial charge in [-0.3, -0.25) is 0 Å². The van der Waals surface area contributed by atoms with Gasteiger partial charge in [-0.25, -0.2) is 9.59 Å². The third kappa shape index (κ3) is 6.07. The van der Waals surface area contributed by atoms with Gasteiger partial charge in [0.1, 0.15) is 12.6 Å². The molecule has 0 saturated heterocycles. The molecule has 2 aromatic carbocycles. The number of nitrogens with one attached hydrogen (secondary N) is 1. The summed E-state index contributed by atoms with van der Waals surface area (Å²) in [7, 11) is 0. The number of hydrogen-bond donors (Lipinski definition) is 2. The van der Waals surface area contributed by atoms with Crippen LogP contribution in [0.5, 0.6) is 0 Å². The fourth-order valence-corrected chi connectivity index (χ4v) is 3.87. The normalized spacial score (nSPS) is 13.9. The van der Waals surface area contributed by atoms with Crippen molar-refractivity contribution in [2.24, 2.45) is 0 Å². The van der Waals surface area contributed by atoms with Crippen molar-refractivity contribution < 1.29 is 24.2 Å². The molecule has 6 nitrogen and oxygen atoms in total. The molecule has 0 bridgehead atoms. The van der Waals surface area contributed by atoms with E-state index in [1.165, 1.54) is 0 Å². The molecule has 0 saturated carbocycles. The lowest BCUT2D eigenvalue weighted by molar-refractivity contribution is -0.139. The quantitative estimate of drug-likeness (QED) is 0.555. The zero-order valence-corrected chi connectivity index (χ0v) is 18.4. The first kappa shape index (κ1) is 22.8. The number of hydrogen-bond acceptors (Lipinski definition) is 4. The Morgan fingerprint density at radius 3 is 2.13 bits per heavy atom. The van der Waals surface area contributed by atoms with Gasteiger partial charge in [-0.2, -0.15) is 0 Å². The van der Waals surface area contributed by atoms with E-state index in [4.69, 9.17) is 9.47 Å². The largest absolute Gasteiger partial charge is 0.480 e. The number of carboxylic acid groups (broad SMARTS) is 1. The molecule has 1 aliphatic carbocycles. The molecule has 0 spiro atoms. The highest BCUT2D eigenvalue weighted by Crippen LogP contribution is 2.44. The average molecular weight is 426 g/mol. The van der Waals surface area contributed by atoms with Crippen LogP contribution in [0.2, 0.25) is 0 Å². The molecule has 0 aliphatic heterocycles. The van der Waals surface area contributed by atoms with E-state index in [0.29, 0.717) is 19.4 Å². The molecule has 1 aliphatic rings. The molecule has 0 aromatic heterocycles. The van der Waals surface area contributed by atoms with Crippen molar-refractivity contribution >= 4 is 12.1 Å². The number of ether oxygens (including phenoxy) is 2. The topological polar surface area (TPSA) is 84.9 Å². The Hall–Kier alpha value is -2.86. The summed E-state index contributed by atoms with van der Waals surface area (Å²) in [6, 6.07) is 15.2. The van der Waals surface area contributed by atoms with E-state index >= 15 is 0 Å². The second-order valence-corrected chi connectivity index (χ2v) is 8.82. The Kier molecular flexibility index (Phi) is 7.33. The van der Waals surface area contributed by atoms with E-state index in [-0.39, 0.29) is 18.1 Å². The number of amides is 1. The second kappa shape index (κ2) is 9.96. The van der Waals surface area contributed by atoms with E-state index in [0.717, 1.165) is 28.7 Å². The van der Waals surface area contributed by atoms with Gasteiger partial charge < -0.3 is 19.9 Å². The number of carboxylic acids is 1. The van der Waals surface area contributed by atoms with Gasteiger partial charge in [0.25, 0.3) is 0 Å². The minimum atomic E-state index is -1.06. The standard InChI is InChI=1S/C25H31NO5/c1-25(2,3)31-15-9-8-14-22(23(27)28)26-24(29)30-16-21-19-12-6-4-10-17(19)18-11-5-7-13-20(18)21/h4-7,10-13,21-22H,8-9,14-16H2,1-3H3,(H,26,29)(H,27,28)/t22-/m1/s1. The Morgan fingerprint density at radius 2 is 1.58 bits per heavy atom. The molecule has 0 fully saturated rings. The number of alkyl carbamates (subject to hydrolysis) is 1. The predicted molar refractivity (Wildman–Crippen MR) is 119 cm³/mol. The fraction of sp³-hybridized carbons (Fsp3) is 0.440. The van der Waals surface area contributed by atoms with Crippen molar-refractivity contribution in [3.05, 3.63) is 59.7 Å². The highest BCUT2D eigenvalue weighted by molar-refractivity contribution is 5.81. The summed E-state index contributed by atoms with van der Waals surface area (Å²) in [4.78, 5) is 23.9. The van der Waals surface area contributed by atoms with Crippen LogP contribution in [0.1, 0.15) is 57.1 Å². The fourth-order valence-electron chi connectivity index (χ4n) is 3.87. The average Bonchev–Trinajstić information content (AvgIpc) is 3.04. The highest BCUT2D eigenvalue weighted by Gasteiger charge is 2.29. The molecule has 3 rings (SSSR count). The molecule has 2 aromatic rings. The molecule has 0 unspecified atom stereocenters. The second-order valence-electron chi connectivity index (χ2n) is 8.82. The van der Waals surface area contributed by atoms with Crippen LogP contribution in [0.3, 0.4) is 0 Å². The Morgan fingerprint density at radius 1 is 1.00 bits per heavy atom. The third-order valence-corrected chi connectivity index (χ3v) is 5.36. The van der Waals surface area contributed by atoms with Crippen LogP contribution in [0.15, 0.2) is 48.5 Å². The van der Waals surface area contributed by atoms with Gasteiger partial charge >= 0.3 is 12.1 Å². The SMILES string of the molecule is CC(C)(C)OCCCC[C@@H](NC(=O)OCC1c2ccccc2-c2ccccc21)C(=O)O. The zero-order valence-electron chi connectivity index (χ0n) is 18.4. The van der Waals surface area contributed by atoms with Gasteiger partial charge in [-0.05, 0) is 62.3 Å². The third-order valence-electron chi connectivity index (χ3n) is 5.36. The van der Waals surface area contributed by atoms with E-state index in [9.17, 15) is 14.7 Å². The number of benzene rings is 2. The summed E-state index contributed by atoms with van der Waals surface area (Å²) in [5, 5.41) is 11.9. The minimum Gasteiger partial charge on any atom is -0.480 e. The Balaban J connectivity index is 1.52. The van der Waals surface area contributed by atoms with Gasteiger partial charge in [0.2, 0.25) is 0 Å². The van der Waals surface area contributed by atoms with Gasteiger partial charge in [0.05, 0.1) is 5.60 Å². The monoisotopic (exact) mass is 425 g/mol. The molecular weight excluding hydrogens is 394 g/mol. The number of rotatable bonds is 9. The first-order valence-corrected chi connectivity index (χ1v) is 10.7. The molecule has 1 atom stereocenters. The number of carbonyl (C=O) groups is 2. The lowest BCUT2D eigenvalue weighted by atomic mass is 9.98. The maximum absolute atomic E-state index is 12.3. The van der Waals surface area contributed by atoms with Crippen LogP contribution in [0.4, 0.5) is 4.79 Å². The van der Waals surface area contributed by atoms with Gasteiger partial charge in [-0.1, -0.05) is 48.5 Å². The predicted octanol–water partition coefficient (Wildman–Crippen LogP) is 4.96. The van der Waals surface area contributed by atoms with Gasteiger partial charge in [-0.15, -0.1) is 0 Å². The first-order chi connectivity index (χ1) is 14.8. The summed E-state index contributed by atoms with van der Waals surface area (Å²) < 4.78 is 11.1. The lowest BCUT2D eigenvalue weighted by Crippen LogP contribution is -2.41. The van der Waals surface area contributed by atoms with Crippen molar-refractivity contribution in [2.45, 2.75) is 57.6 Å². The van der Waals surface area contributed by atoms with Crippen molar-refractivity contribution in [3.8, 4) is 11.1 Å². The Labute approximate surface area is 183 Å². The molecule has 2 N–H and O–H groups in total. The van der Waals surface area contributed by atoms with Crippen molar-refractivity contribution in [2.75, 3.05) is 13.2 Å². The summed E-state index contributed by atoms with van der Waals surface area (Å²) in [5.74, 6) is -1.12. The zero-order chi connectivity index (χ0) is 22.4. The van der Waals surface area contributed by atoms with Gasteiger partial charge in [0, 0.05) is 12.5 Å². The van der Waals surface area contributed by atoms with Crippen molar-refractivity contribution in [1.82, 2.24) is 5.32 Å². The van der Waals surface area contributed by atoms with E-state index in [2.05, 4.69) is 17.4 Å². The van der Waals surface area contributed by atoms with E-state index < -0.39 is 18.1 Å². The molecule has 0 heterocycles. The number of carbonyl (C=O) groups excluding carboxylic acids is 1. The number of aliphatic carboxylic acids is 1. The molecule has 1 amide bonds. The number of fused-ring (bicyclic) bond motifs is 3. The van der Waals surface area contributed by atoms with E-state index in [1.54, 1.807) is 0 Å². The summed E-state index contributed by atoms with van der Waals surface area (Å²) in [6.07, 6.45) is 0.983.